The molecule has 2 aliphatic rings. The lowest BCUT2D eigenvalue weighted by molar-refractivity contribution is -0.0372. The fourth-order valence-corrected chi connectivity index (χ4v) is 3.26. The van der Waals surface area contributed by atoms with E-state index in [1.165, 1.54) is 12.8 Å². The Morgan fingerprint density at radius 2 is 2.29 bits per heavy atom. The lowest BCUT2D eigenvalue weighted by Gasteiger charge is -2.28. The maximum atomic E-state index is 10.0. The van der Waals surface area contributed by atoms with Crippen LogP contribution in [0.2, 0.25) is 0 Å². The van der Waals surface area contributed by atoms with Crippen LogP contribution in [0.15, 0.2) is 0 Å². The van der Waals surface area contributed by atoms with Gasteiger partial charge in [0, 0.05) is 33.2 Å². The summed E-state index contributed by atoms with van der Waals surface area (Å²) in [5.74, 6) is 0.753. The van der Waals surface area contributed by atoms with Crippen LogP contribution in [0.25, 0.3) is 0 Å². The lowest BCUT2D eigenvalue weighted by Crippen LogP contribution is -2.45. The maximum absolute atomic E-state index is 10.0. The Bertz CT molecular complexity index is 294. The first-order valence-electron chi connectivity index (χ1n) is 8.27. The van der Waals surface area contributed by atoms with Crippen molar-refractivity contribution in [1.82, 2.24) is 5.32 Å². The van der Waals surface area contributed by atoms with Gasteiger partial charge < -0.3 is 24.6 Å². The van der Waals surface area contributed by atoms with Gasteiger partial charge in [-0.05, 0) is 18.8 Å². The minimum absolute atomic E-state index is 0.223. The Morgan fingerprint density at radius 1 is 1.43 bits per heavy atom. The van der Waals surface area contributed by atoms with Crippen molar-refractivity contribution in [3.63, 3.8) is 0 Å². The summed E-state index contributed by atoms with van der Waals surface area (Å²) in [6.07, 6.45) is 5.60. The standard InChI is InChI=1S/C16H31NO4/c1-13-4-3-5-15(8-13)21-10-14(18)9-17-11-16(19-2)6-7-20-12-16/h13-15,17-18H,3-12H2,1-2H3. The van der Waals surface area contributed by atoms with E-state index in [1.54, 1.807) is 7.11 Å². The third kappa shape index (κ3) is 5.49. The summed E-state index contributed by atoms with van der Waals surface area (Å²) >= 11 is 0. The molecule has 5 nitrogen and oxygen atoms in total. The largest absolute Gasteiger partial charge is 0.389 e. The smallest absolute Gasteiger partial charge is 0.106 e. The van der Waals surface area contributed by atoms with Gasteiger partial charge in [-0.1, -0.05) is 19.8 Å². The molecule has 5 heteroatoms. The Kier molecular flexibility index (Phi) is 6.89. The van der Waals surface area contributed by atoms with Crippen molar-refractivity contribution in [2.24, 2.45) is 5.92 Å². The molecule has 0 aromatic rings. The molecule has 0 spiro atoms. The van der Waals surface area contributed by atoms with Crippen LogP contribution >= 0.6 is 0 Å². The molecule has 1 aliphatic heterocycles. The minimum Gasteiger partial charge on any atom is -0.389 e. The number of hydrogen-bond acceptors (Lipinski definition) is 5. The van der Waals surface area contributed by atoms with E-state index in [1.807, 2.05) is 0 Å². The molecule has 0 bridgehead atoms. The highest BCUT2D eigenvalue weighted by atomic mass is 16.5. The average molecular weight is 301 g/mol. The van der Waals surface area contributed by atoms with E-state index >= 15 is 0 Å². The zero-order chi connectivity index (χ0) is 15.1. The van der Waals surface area contributed by atoms with E-state index in [2.05, 4.69) is 12.2 Å². The van der Waals surface area contributed by atoms with Crippen LogP contribution < -0.4 is 5.32 Å². The first-order valence-corrected chi connectivity index (χ1v) is 8.27. The Balaban J connectivity index is 1.58. The van der Waals surface area contributed by atoms with Crippen molar-refractivity contribution in [3.05, 3.63) is 0 Å². The molecular weight excluding hydrogens is 270 g/mol. The quantitative estimate of drug-likeness (QED) is 0.708. The monoisotopic (exact) mass is 301 g/mol. The average Bonchev–Trinajstić information content (AvgIpc) is 2.95. The SMILES string of the molecule is COC1(CNCC(O)COC2CCCC(C)C2)CCOC1. The van der Waals surface area contributed by atoms with Crippen LogP contribution in [0.5, 0.6) is 0 Å². The molecular formula is C16H31NO4. The number of aliphatic hydroxyl groups is 1. The van der Waals surface area contributed by atoms with E-state index in [0.717, 1.165) is 31.8 Å². The Hall–Kier alpha value is -0.200. The summed E-state index contributed by atoms with van der Waals surface area (Å²) in [5.41, 5.74) is -0.223. The van der Waals surface area contributed by atoms with Gasteiger partial charge in [0.25, 0.3) is 0 Å². The number of methoxy groups -OCH3 is 1. The van der Waals surface area contributed by atoms with Gasteiger partial charge in [0.05, 0.1) is 25.4 Å². The highest BCUT2D eigenvalue weighted by Crippen LogP contribution is 2.25. The molecule has 4 unspecified atom stereocenters. The number of nitrogens with one attached hydrogen (secondary N) is 1. The second-order valence-corrected chi connectivity index (χ2v) is 6.70. The predicted octanol–water partition coefficient (Wildman–Crippen LogP) is 1.34. The zero-order valence-electron chi connectivity index (χ0n) is 13.5. The van der Waals surface area contributed by atoms with Gasteiger partial charge >= 0.3 is 0 Å². The Morgan fingerprint density at radius 3 is 2.95 bits per heavy atom. The number of aliphatic hydroxyl groups excluding tert-OH is 1. The van der Waals surface area contributed by atoms with E-state index in [0.29, 0.717) is 32.4 Å². The first kappa shape index (κ1) is 17.2. The minimum atomic E-state index is -0.460. The van der Waals surface area contributed by atoms with Gasteiger partial charge in [0.1, 0.15) is 5.60 Å². The molecule has 1 saturated heterocycles. The van der Waals surface area contributed by atoms with Gasteiger partial charge in [-0.3, -0.25) is 0 Å². The molecule has 2 N–H and O–H groups in total. The van der Waals surface area contributed by atoms with Crippen LogP contribution in [0.4, 0.5) is 0 Å². The molecule has 2 rings (SSSR count). The molecule has 2 fully saturated rings. The molecule has 0 aromatic carbocycles. The third-order valence-electron chi connectivity index (χ3n) is 4.74. The van der Waals surface area contributed by atoms with Gasteiger partial charge in [0.15, 0.2) is 0 Å². The van der Waals surface area contributed by atoms with E-state index in [9.17, 15) is 5.11 Å². The second-order valence-electron chi connectivity index (χ2n) is 6.70. The number of hydrogen-bond donors (Lipinski definition) is 2. The zero-order valence-corrected chi connectivity index (χ0v) is 13.5. The predicted molar refractivity (Wildman–Crippen MR) is 81.4 cm³/mol. The van der Waals surface area contributed by atoms with Crippen LogP contribution in [0.3, 0.4) is 0 Å². The van der Waals surface area contributed by atoms with Crippen LogP contribution in [0, 0.1) is 5.92 Å². The summed E-state index contributed by atoms with van der Waals surface area (Å²) in [6.45, 7) is 5.32. The van der Waals surface area contributed by atoms with Crippen molar-refractivity contribution >= 4 is 0 Å². The molecule has 0 radical (unpaired) electrons. The van der Waals surface area contributed by atoms with Crippen LogP contribution in [0.1, 0.15) is 39.0 Å². The number of ether oxygens (including phenoxy) is 3. The molecule has 124 valence electrons. The second kappa shape index (κ2) is 8.44. The van der Waals surface area contributed by atoms with Gasteiger partial charge in [-0.25, -0.2) is 0 Å². The first-order chi connectivity index (χ1) is 10.1. The lowest BCUT2D eigenvalue weighted by atomic mass is 9.89. The molecule has 1 aliphatic carbocycles. The van der Waals surface area contributed by atoms with Gasteiger partial charge in [0.2, 0.25) is 0 Å². The summed E-state index contributed by atoms with van der Waals surface area (Å²) in [5, 5.41) is 13.3. The fourth-order valence-electron chi connectivity index (χ4n) is 3.26. The highest BCUT2D eigenvalue weighted by Gasteiger charge is 2.34. The summed E-state index contributed by atoms with van der Waals surface area (Å²) in [6, 6.07) is 0. The van der Waals surface area contributed by atoms with Crippen molar-refractivity contribution < 1.29 is 19.3 Å². The van der Waals surface area contributed by atoms with E-state index in [-0.39, 0.29) is 5.60 Å². The van der Waals surface area contributed by atoms with Crippen molar-refractivity contribution in [3.8, 4) is 0 Å². The van der Waals surface area contributed by atoms with Crippen LogP contribution in [-0.2, 0) is 14.2 Å². The Labute approximate surface area is 128 Å². The molecule has 1 saturated carbocycles. The summed E-state index contributed by atoms with van der Waals surface area (Å²) < 4.78 is 16.8. The van der Waals surface area contributed by atoms with Crippen molar-refractivity contribution in [1.29, 1.82) is 0 Å². The molecule has 1 heterocycles. The van der Waals surface area contributed by atoms with Crippen molar-refractivity contribution in [2.45, 2.75) is 56.8 Å². The summed E-state index contributed by atoms with van der Waals surface area (Å²) in [7, 11) is 1.72. The van der Waals surface area contributed by atoms with Crippen LogP contribution in [-0.4, -0.2) is 62.9 Å². The maximum Gasteiger partial charge on any atom is 0.106 e. The van der Waals surface area contributed by atoms with Crippen molar-refractivity contribution in [2.75, 3.05) is 40.0 Å². The normalized spacial score (nSPS) is 35.0. The number of rotatable bonds is 8. The molecule has 21 heavy (non-hydrogen) atoms. The van der Waals surface area contributed by atoms with E-state index in [4.69, 9.17) is 14.2 Å². The molecule has 0 aromatic heterocycles. The molecule has 0 amide bonds. The third-order valence-corrected chi connectivity index (χ3v) is 4.74. The molecule has 4 atom stereocenters. The topological polar surface area (TPSA) is 60.0 Å². The summed E-state index contributed by atoms with van der Waals surface area (Å²) in [4.78, 5) is 0. The van der Waals surface area contributed by atoms with E-state index < -0.39 is 6.10 Å². The van der Waals surface area contributed by atoms with Gasteiger partial charge in [-0.2, -0.15) is 0 Å². The fraction of sp³-hybridized carbons (Fsp3) is 1.00. The van der Waals surface area contributed by atoms with Gasteiger partial charge in [-0.15, -0.1) is 0 Å². The highest BCUT2D eigenvalue weighted by molar-refractivity contribution is 4.87.